The van der Waals surface area contributed by atoms with Crippen LogP contribution in [0.3, 0.4) is 0 Å². The molecule has 146 valence electrons. The first kappa shape index (κ1) is 18.3. The Bertz CT molecular complexity index is 873. The Morgan fingerprint density at radius 3 is 1.85 bits per heavy atom. The predicted octanol–water partition coefficient (Wildman–Crippen LogP) is 2.14. The number of aromatic amines is 1. The maximum Gasteiger partial charge on any atom is 0.246 e. The van der Waals surface area contributed by atoms with Gasteiger partial charge in [0.2, 0.25) is 10.0 Å². The number of H-pyrrole nitrogens is 1. The molecule has 0 aliphatic carbocycles. The van der Waals surface area contributed by atoms with Crippen molar-refractivity contribution in [2.24, 2.45) is 0 Å². The molecule has 2 aromatic rings. The van der Waals surface area contributed by atoms with Crippen molar-refractivity contribution >= 4 is 21.4 Å². The largest absolute Gasteiger partial charge is 0.372 e. The molecule has 0 bridgehead atoms. The van der Waals surface area contributed by atoms with Crippen molar-refractivity contribution in [2.75, 3.05) is 49.1 Å². The van der Waals surface area contributed by atoms with E-state index >= 15 is 0 Å². The van der Waals surface area contributed by atoms with Crippen LogP contribution < -0.4 is 9.80 Å². The Labute approximate surface area is 161 Å². The molecule has 1 N–H and O–H groups in total. The summed E-state index contributed by atoms with van der Waals surface area (Å²) < 4.78 is 27.5. The third-order valence-electron chi connectivity index (χ3n) is 5.58. The minimum absolute atomic E-state index is 0.325. The Balaban J connectivity index is 1.43. The van der Waals surface area contributed by atoms with Gasteiger partial charge in [-0.05, 0) is 51.0 Å². The molecule has 0 unspecified atom stereocenters. The van der Waals surface area contributed by atoms with Crippen molar-refractivity contribution in [3.63, 3.8) is 0 Å². The highest BCUT2D eigenvalue weighted by molar-refractivity contribution is 7.89. The van der Waals surface area contributed by atoms with E-state index in [1.165, 1.54) is 18.5 Å². The smallest absolute Gasteiger partial charge is 0.246 e. The highest BCUT2D eigenvalue weighted by Gasteiger charge is 2.32. The van der Waals surface area contributed by atoms with E-state index in [-0.39, 0.29) is 0 Å². The lowest BCUT2D eigenvalue weighted by Crippen LogP contribution is -2.48. The molecule has 1 aromatic carbocycles. The lowest BCUT2D eigenvalue weighted by atomic mass is 10.2. The van der Waals surface area contributed by atoms with Gasteiger partial charge in [-0.1, -0.05) is 0 Å². The van der Waals surface area contributed by atoms with Crippen LogP contribution in [-0.4, -0.2) is 62.2 Å². The van der Waals surface area contributed by atoms with Gasteiger partial charge in [0.15, 0.2) is 0 Å². The molecule has 8 heteroatoms. The molecular formula is C19H27N5O2S. The van der Waals surface area contributed by atoms with E-state index in [4.69, 9.17) is 0 Å². The minimum Gasteiger partial charge on any atom is -0.372 e. The summed E-state index contributed by atoms with van der Waals surface area (Å²) in [5.41, 5.74) is 3.58. The molecule has 1 aromatic heterocycles. The van der Waals surface area contributed by atoms with E-state index in [1.54, 1.807) is 18.2 Å². The van der Waals surface area contributed by atoms with E-state index in [9.17, 15) is 8.42 Å². The summed E-state index contributed by atoms with van der Waals surface area (Å²) in [5, 5.41) is 6.81. The number of nitrogens with one attached hydrogen (secondary N) is 1. The zero-order valence-corrected chi connectivity index (χ0v) is 16.8. The fourth-order valence-electron chi connectivity index (χ4n) is 4.09. The zero-order chi connectivity index (χ0) is 19.0. The quantitative estimate of drug-likeness (QED) is 0.867. The molecule has 0 spiro atoms. The number of benzene rings is 1. The Kier molecular flexibility index (Phi) is 4.86. The highest BCUT2D eigenvalue weighted by atomic mass is 32.2. The fraction of sp³-hybridized carbons (Fsp3) is 0.526. The van der Waals surface area contributed by atoms with Crippen molar-refractivity contribution < 1.29 is 8.42 Å². The van der Waals surface area contributed by atoms with Gasteiger partial charge in [-0.25, -0.2) is 8.42 Å². The minimum atomic E-state index is -3.50. The molecule has 3 heterocycles. The Hall–Kier alpha value is -2.06. The number of aryl methyl sites for hydroxylation is 2. The lowest BCUT2D eigenvalue weighted by molar-refractivity contribution is 0.384. The summed E-state index contributed by atoms with van der Waals surface area (Å²) in [7, 11) is -3.50. The van der Waals surface area contributed by atoms with Gasteiger partial charge >= 0.3 is 0 Å². The summed E-state index contributed by atoms with van der Waals surface area (Å²) in [6.45, 7) is 8.13. The van der Waals surface area contributed by atoms with Gasteiger partial charge in [0.1, 0.15) is 4.90 Å². The summed E-state index contributed by atoms with van der Waals surface area (Å²) in [6, 6.07) is 8.67. The van der Waals surface area contributed by atoms with E-state index in [2.05, 4.69) is 44.3 Å². The Morgan fingerprint density at radius 1 is 0.852 bits per heavy atom. The summed E-state index contributed by atoms with van der Waals surface area (Å²) >= 11 is 0. The van der Waals surface area contributed by atoms with E-state index in [0.717, 1.165) is 18.8 Å². The molecule has 0 radical (unpaired) electrons. The van der Waals surface area contributed by atoms with Crippen LogP contribution in [-0.2, 0) is 10.0 Å². The average molecular weight is 390 g/mol. The number of sulfonamides is 1. The van der Waals surface area contributed by atoms with Gasteiger partial charge in [-0.2, -0.15) is 9.40 Å². The molecular weight excluding hydrogens is 362 g/mol. The topological polar surface area (TPSA) is 72.5 Å². The van der Waals surface area contributed by atoms with Gasteiger partial charge in [0.25, 0.3) is 0 Å². The second-order valence-electron chi connectivity index (χ2n) is 7.36. The molecule has 2 fully saturated rings. The van der Waals surface area contributed by atoms with Crippen molar-refractivity contribution in [3.05, 3.63) is 35.7 Å². The number of hydrogen-bond donors (Lipinski definition) is 1. The molecule has 2 aliphatic rings. The summed E-state index contributed by atoms with van der Waals surface area (Å²) in [4.78, 5) is 5.00. The summed E-state index contributed by atoms with van der Waals surface area (Å²) in [5.74, 6) is 0. The third kappa shape index (κ3) is 3.43. The van der Waals surface area contributed by atoms with Crippen LogP contribution in [0.15, 0.2) is 29.2 Å². The molecule has 7 nitrogen and oxygen atoms in total. The molecule has 0 saturated carbocycles. The zero-order valence-electron chi connectivity index (χ0n) is 16.0. The molecule has 27 heavy (non-hydrogen) atoms. The fourth-order valence-corrected chi connectivity index (χ4v) is 5.84. The average Bonchev–Trinajstić information content (AvgIpc) is 3.32. The first-order valence-electron chi connectivity index (χ1n) is 9.58. The van der Waals surface area contributed by atoms with Crippen LogP contribution in [0.1, 0.15) is 24.2 Å². The van der Waals surface area contributed by atoms with Crippen molar-refractivity contribution in [2.45, 2.75) is 31.6 Å². The van der Waals surface area contributed by atoms with Crippen LogP contribution in [0.5, 0.6) is 0 Å². The second-order valence-corrected chi connectivity index (χ2v) is 9.24. The molecule has 4 rings (SSSR count). The highest BCUT2D eigenvalue weighted by Crippen LogP contribution is 2.27. The maximum atomic E-state index is 13.0. The number of aromatic nitrogens is 2. The number of hydrogen-bond acceptors (Lipinski definition) is 5. The third-order valence-corrected chi connectivity index (χ3v) is 7.75. The van der Waals surface area contributed by atoms with Crippen molar-refractivity contribution in [3.8, 4) is 0 Å². The van der Waals surface area contributed by atoms with Crippen LogP contribution in [0, 0.1) is 13.8 Å². The normalized spacial score (nSPS) is 19.0. The monoisotopic (exact) mass is 389 g/mol. The van der Waals surface area contributed by atoms with Crippen LogP contribution >= 0.6 is 0 Å². The van der Waals surface area contributed by atoms with Gasteiger partial charge in [-0.15, -0.1) is 0 Å². The molecule has 2 saturated heterocycles. The number of anilines is 2. The number of rotatable bonds is 4. The van der Waals surface area contributed by atoms with Crippen LogP contribution in [0.4, 0.5) is 11.4 Å². The lowest BCUT2D eigenvalue weighted by Gasteiger charge is -2.35. The molecule has 0 amide bonds. The van der Waals surface area contributed by atoms with Gasteiger partial charge in [0, 0.05) is 50.6 Å². The SMILES string of the molecule is Cc1n[nH]c(C)c1S(=O)(=O)N1CCN(c2ccc(N3CCCC3)cc2)CC1. The van der Waals surface area contributed by atoms with Crippen molar-refractivity contribution in [1.29, 1.82) is 0 Å². The van der Waals surface area contributed by atoms with Gasteiger partial charge in [0.05, 0.1) is 11.4 Å². The van der Waals surface area contributed by atoms with Gasteiger partial charge < -0.3 is 9.80 Å². The first-order chi connectivity index (χ1) is 13.0. The molecule has 0 atom stereocenters. The maximum absolute atomic E-state index is 13.0. The van der Waals surface area contributed by atoms with Crippen LogP contribution in [0.2, 0.25) is 0 Å². The van der Waals surface area contributed by atoms with Crippen molar-refractivity contribution in [1.82, 2.24) is 14.5 Å². The number of piperazine rings is 1. The van der Waals surface area contributed by atoms with E-state index in [0.29, 0.717) is 42.5 Å². The van der Waals surface area contributed by atoms with Gasteiger partial charge in [-0.3, -0.25) is 5.10 Å². The standard InChI is InChI=1S/C19H27N5O2S/c1-15-19(16(2)21-20-15)27(25,26)24-13-11-23(12-14-24)18-7-5-17(6-8-18)22-9-3-4-10-22/h5-8H,3-4,9-14H2,1-2H3,(H,20,21). The van der Waals surface area contributed by atoms with E-state index < -0.39 is 10.0 Å². The summed E-state index contributed by atoms with van der Waals surface area (Å²) in [6.07, 6.45) is 2.54. The molecule has 2 aliphatic heterocycles. The Morgan fingerprint density at radius 2 is 1.37 bits per heavy atom. The van der Waals surface area contributed by atoms with Crippen LogP contribution in [0.25, 0.3) is 0 Å². The number of nitrogens with zero attached hydrogens (tertiary/aromatic N) is 4. The van der Waals surface area contributed by atoms with E-state index in [1.807, 2.05) is 0 Å². The predicted molar refractivity (Wildman–Crippen MR) is 107 cm³/mol. The first-order valence-corrected chi connectivity index (χ1v) is 11.0. The second kappa shape index (κ2) is 7.16.